The second-order valence-electron chi connectivity index (χ2n) is 5.14. The first-order valence-corrected chi connectivity index (χ1v) is 8.59. The Bertz CT molecular complexity index is 739. The van der Waals surface area contributed by atoms with E-state index in [2.05, 4.69) is 21.0 Å². The lowest BCUT2D eigenvalue weighted by atomic mass is 9.88. The number of nitrogens with zero attached hydrogens (tertiary/aromatic N) is 3. The van der Waals surface area contributed by atoms with Gasteiger partial charge in [-0.2, -0.15) is 9.90 Å². The molecule has 2 aromatic rings. The molecule has 1 atom stereocenters. The van der Waals surface area contributed by atoms with E-state index in [1.54, 1.807) is 0 Å². The van der Waals surface area contributed by atoms with Gasteiger partial charge >= 0.3 is 0 Å². The molecule has 0 bridgehead atoms. The zero-order valence-corrected chi connectivity index (χ0v) is 12.7. The van der Waals surface area contributed by atoms with Gasteiger partial charge in [-0.1, -0.05) is 24.3 Å². The van der Waals surface area contributed by atoms with Gasteiger partial charge in [-0.3, -0.25) is 0 Å². The van der Waals surface area contributed by atoms with Gasteiger partial charge < -0.3 is 0 Å². The van der Waals surface area contributed by atoms with E-state index < -0.39 is 10.0 Å². The number of rotatable bonds is 4. The lowest BCUT2D eigenvalue weighted by molar-refractivity contribution is 0.501. The Hall–Kier alpha value is -1.73. The van der Waals surface area contributed by atoms with Crippen LogP contribution in [0.2, 0.25) is 0 Å². The monoisotopic (exact) mass is 306 g/mol. The fourth-order valence-corrected chi connectivity index (χ4v) is 3.81. The van der Waals surface area contributed by atoms with Crippen LogP contribution in [0.5, 0.6) is 0 Å². The molecule has 1 aliphatic carbocycles. The first-order valence-electron chi connectivity index (χ1n) is 7.10. The van der Waals surface area contributed by atoms with Crippen LogP contribution in [0.15, 0.2) is 35.5 Å². The molecule has 0 saturated carbocycles. The lowest BCUT2D eigenvalue weighted by Crippen LogP contribution is -2.31. The van der Waals surface area contributed by atoms with Crippen molar-refractivity contribution in [3.8, 4) is 0 Å². The van der Waals surface area contributed by atoms with Crippen molar-refractivity contribution in [2.75, 3.05) is 0 Å². The first-order chi connectivity index (χ1) is 10.1. The molecule has 0 saturated heterocycles. The minimum atomic E-state index is -3.64. The van der Waals surface area contributed by atoms with Gasteiger partial charge in [-0.25, -0.2) is 13.1 Å². The Balaban J connectivity index is 1.86. The summed E-state index contributed by atoms with van der Waals surface area (Å²) in [5, 5.41) is 7.88. The van der Waals surface area contributed by atoms with E-state index in [1.807, 2.05) is 25.1 Å². The SMILES string of the molecule is CCn1ncc(S(=O)(=O)NC2CCCc3ccccc32)n1. The van der Waals surface area contributed by atoms with E-state index in [0.717, 1.165) is 24.8 Å². The first kappa shape index (κ1) is 14.2. The molecule has 3 rings (SSSR count). The van der Waals surface area contributed by atoms with E-state index in [4.69, 9.17) is 0 Å². The van der Waals surface area contributed by atoms with Crippen LogP contribution in [0.1, 0.15) is 36.9 Å². The molecule has 1 aromatic carbocycles. The smallest absolute Gasteiger partial charge is 0.205 e. The molecule has 1 aliphatic rings. The van der Waals surface area contributed by atoms with Crippen LogP contribution in [0.3, 0.4) is 0 Å². The predicted molar refractivity (Wildman–Crippen MR) is 78.1 cm³/mol. The maximum absolute atomic E-state index is 12.4. The van der Waals surface area contributed by atoms with Crippen molar-refractivity contribution in [1.82, 2.24) is 19.7 Å². The zero-order chi connectivity index (χ0) is 14.9. The number of hydrogen-bond acceptors (Lipinski definition) is 4. The Morgan fingerprint density at radius 3 is 2.95 bits per heavy atom. The maximum Gasteiger partial charge on any atom is 0.262 e. The average Bonchev–Trinajstić information content (AvgIpc) is 2.97. The van der Waals surface area contributed by atoms with Crippen molar-refractivity contribution < 1.29 is 8.42 Å². The van der Waals surface area contributed by atoms with Gasteiger partial charge in [-0.05, 0) is 37.3 Å². The second kappa shape index (κ2) is 5.57. The highest BCUT2D eigenvalue weighted by Crippen LogP contribution is 2.30. The molecular formula is C14H18N4O2S. The molecule has 1 N–H and O–H groups in total. The Labute approximate surface area is 124 Å². The molecule has 0 spiro atoms. The zero-order valence-electron chi connectivity index (χ0n) is 11.9. The van der Waals surface area contributed by atoms with Crippen molar-refractivity contribution >= 4 is 10.0 Å². The van der Waals surface area contributed by atoms with Gasteiger partial charge in [0.25, 0.3) is 10.0 Å². The summed E-state index contributed by atoms with van der Waals surface area (Å²) < 4.78 is 27.6. The molecule has 0 radical (unpaired) electrons. The standard InChI is InChI=1S/C14H18N4O2S/c1-2-18-15-10-14(16-18)21(19,20)17-13-9-5-7-11-6-3-4-8-12(11)13/h3-4,6,8,10,13,17H,2,5,7,9H2,1H3. The van der Waals surface area contributed by atoms with E-state index in [9.17, 15) is 8.42 Å². The maximum atomic E-state index is 12.4. The summed E-state index contributed by atoms with van der Waals surface area (Å²) in [4.78, 5) is 1.36. The van der Waals surface area contributed by atoms with E-state index in [-0.39, 0.29) is 11.1 Å². The normalized spacial score (nSPS) is 18.4. The minimum absolute atomic E-state index is 0.0209. The van der Waals surface area contributed by atoms with Crippen LogP contribution in [0.25, 0.3) is 0 Å². The third-order valence-electron chi connectivity index (χ3n) is 3.74. The van der Waals surface area contributed by atoms with Crippen LogP contribution in [-0.4, -0.2) is 23.4 Å². The number of hydrogen-bond donors (Lipinski definition) is 1. The van der Waals surface area contributed by atoms with E-state index in [1.165, 1.54) is 16.6 Å². The third-order valence-corrected chi connectivity index (χ3v) is 5.07. The van der Waals surface area contributed by atoms with Gasteiger partial charge in [0, 0.05) is 6.04 Å². The minimum Gasteiger partial charge on any atom is -0.205 e. The van der Waals surface area contributed by atoms with E-state index >= 15 is 0 Å². The van der Waals surface area contributed by atoms with Crippen molar-refractivity contribution in [3.05, 3.63) is 41.6 Å². The molecular weight excluding hydrogens is 288 g/mol. The van der Waals surface area contributed by atoms with Gasteiger partial charge in [0.15, 0.2) is 0 Å². The summed E-state index contributed by atoms with van der Waals surface area (Å²) in [5.41, 5.74) is 2.28. The van der Waals surface area contributed by atoms with Crippen molar-refractivity contribution in [1.29, 1.82) is 0 Å². The highest BCUT2D eigenvalue weighted by molar-refractivity contribution is 7.89. The second-order valence-corrected chi connectivity index (χ2v) is 6.80. The van der Waals surface area contributed by atoms with E-state index in [0.29, 0.717) is 6.54 Å². The fourth-order valence-electron chi connectivity index (χ4n) is 2.68. The highest BCUT2D eigenvalue weighted by atomic mass is 32.2. The fraction of sp³-hybridized carbons (Fsp3) is 0.429. The summed E-state index contributed by atoms with van der Waals surface area (Å²) in [7, 11) is -3.64. The average molecular weight is 306 g/mol. The molecule has 21 heavy (non-hydrogen) atoms. The quantitative estimate of drug-likeness (QED) is 0.932. The van der Waals surface area contributed by atoms with Crippen LogP contribution >= 0.6 is 0 Å². The Morgan fingerprint density at radius 2 is 2.19 bits per heavy atom. The van der Waals surface area contributed by atoms with Gasteiger partial charge in [0.1, 0.15) is 0 Å². The summed E-state index contributed by atoms with van der Waals surface area (Å²) in [6.45, 7) is 2.41. The molecule has 1 heterocycles. The molecule has 0 aliphatic heterocycles. The molecule has 7 heteroatoms. The van der Waals surface area contributed by atoms with Crippen LogP contribution < -0.4 is 4.72 Å². The molecule has 6 nitrogen and oxygen atoms in total. The van der Waals surface area contributed by atoms with Gasteiger partial charge in [-0.15, -0.1) is 5.10 Å². The predicted octanol–water partition coefficient (Wildman–Crippen LogP) is 1.65. The highest BCUT2D eigenvalue weighted by Gasteiger charge is 2.27. The third kappa shape index (κ3) is 2.84. The van der Waals surface area contributed by atoms with Crippen molar-refractivity contribution in [3.63, 3.8) is 0 Å². The van der Waals surface area contributed by atoms with Gasteiger partial charge in [0.2, 0.25) is 5.03 Å². The number of sulfonamides is 1. The lowest BCUT2D eigenvalue weighted by Gasteiger charge is -2.25. The van der Waals surface area contributed by atoms with Crippen LogP contribution in [0, 0.1) is 0 Å². The number of benzene rings is 1. The molecule has 112 valence electrons. The topological polar surface area (TPSA) is 76.9 Å². The summed E-state index contributed by atoms with van der Waals surface area (Å²) in [6.07, 6.45) is 4.07. The summed E-state index contributed by atoms with van der Waals surface area (Å²) in [5.74, 6) is 0. The van der Waals surface area contributed by atoms with Crippen molar-refractivity contribution in [2.45, 2.75) is 43.8 Å². The van der Waals surface area contributed by atoms with Gasteiger partial charge in [0.05, 0.1) is 12.7 Å². The summed E-state index contributed by atoms with van der Waals surface area (Å²) in [6, 6.07) is 7.79. The van der Waals surface area contributed by atoms with Crippen molar-refractivity contribution in [2.24, 2.45) is 0 Å². The largest absolute Gasteiger partial charge is 0.262 e. The van der Waals surface area contributed by atoms with Crippen LogP contribution in [0.4, 0.5) is 0 Å². The molecule has 0 amide bonds. The molecule has 0 fully saturated rings. The van der Waals surface area contributed by atoms with Crippen LogP contribution in [-0.2, 0) is 23.0 Å². The number of aryl methyl sites for hydroxylation is 2. The number of nitrogens with one attached hydrogen (secondary N) is 1. The number of fused-ring (bicyclic) bond motifs is 1. The number of aromatic nitrogens is 3. The molecule has 1 aromatic heterocycles. The Morgan fingerprint density at radius 1 is 1.38 bits per heavy atom. The molecule has 1 unspecified atom stereocenters. The Kier molecular flexibility index (Phi) is 3.77. The summed E-state index contributed by atoms with van der Waals surface area (Å²) >= 11 is 0.